The van der Waals surface area contributed by atoms with Gasteiger partial charge in [0.15, 0.2) is 0 Å². The summed E-state index contributed by atoms with van der Waals surface area (Å²) in [5.74, 6) is 0. The van der Waals surface area contributed by atoms with Crippen molar-refractivity contribution in [2.45, 2.75) is 4.90 Å². The molecular formula is C7H9NS2. The zero-order chi connectivity index (χ0) is 7.40. The Labute approximate surface area is 70.0 Å². The number of anilines is 1. The first kappa shape index (κ1) is 7.82. The second-order valence-electron chi connectivity index (χ2n) is 1.84. The van der Waals surface area contributed by atoms with Gasteiger partial charge in [-0.05, 0) is 12.1 Å². The lowest BCUT2D eigenvalue weighted by Gasteiger charge is -2.03. The number of rotatable bonds is 2. The van der Waals surface area contributed by atoms with Crippen LogP contribution in [-0.4, -0.2) is 7.05 Å². The Balaban J connectivity index is 2.96. The first-order valence-corrected chi connectivity index (χ1v) is 4.83. The Kier molecular flexibility index (Phi) is 2.96. The number of benzene rings is 1. The van der Waals surface area contributed by atoms with E-state index >= 15 is 0 Å². The summed E-state index contributed by atoms with van der Waals surface area (Å²) in [5.41, 5.74) is 1.13. The molecule has 0 heterocycles. The monoisotopic (exact) mass is 171 g/mol. The van der Waals surface area contributed by atoms with Crippen molar-refractivity contribution in [3.05, 3.63) is 24.3 Å². The molecule has 0 saturated heterocycles. The highest BCUT2D eigenvalue weighted by atomic mass is 33.1. The Morgan fingerprint density at radius 2 is 2.10 bits per heavy atom. The van der Waals surface area contributed by atoms with Crippen LogP contribution >= 0.6 is 22.5 Å². The molecule has 0 aliphatic carbocycles. The number of para-hydroxylation sites is 1. The van der Waals surface area contributed by atoms with Gasteiger partial charge in [0, 0.05) is 17.6 Å². The summed E-state index contributed by atoms with van der Waals surface area (Å²) >= 11 is 4.11. The Hall–Kier alpha value is -0.280. The van der Waals surface area contributed by atoms with Crippen molar-refractivity contribution in [1.82, 2.24) is 0 Å². The summed E-state index contributed by atoms with van der Waals surface area (Å²) in [6.45, 7) is 0. The van der Waals surface area contributed by atoms with Gasteiger partial charge in [-0.15, -0.1) is 11.7 Å². The number of nitrogens with one attached hydrogen (secondary N) is 1. The molecule has 54 valence electrons. The predicted molar refractivity (Wildman–Crippen MR) is 50.8 cm³/mol. The Morgan fingerprint density at radius 1 is 1.40 bits per heavy atom. The summed E-state index contributed by atoms with van der Waals surface area (Å²) < 4.78 is 0. The van der Waals surface area contributed by atoms with Gasteiger partial charge in [0.05, 0.1) is 0 Å². The summed E-state index contributed by atoms with van der Waals surface area (Å²) in [6, 6.07) is 8.06. The van der Waals surface area contributed by atoms with Crippen LogP contribution in [0.1, 0.15) is 0 Å². The zero-order valence-electron chi connectivity index (χ0n) is 5.66. The molecular weight excluding hydrogens is 162 g/mol. The van der Waals surface area contributed by atoms with Crippen molar-refractivity contribution in [3.8, 4) is 0 Å². The largest absolute Gasteiger partial charge is 0.387 e. The molecule has 10 heavy (non-hydrogen) atoms. The minimum atomic E-state index is 1.13. The fraction of sp³-hybridized carbons (Fsp3) is 0.143. The number of thiol groups is 1. The van der Waals surface area contributed by atoms with E-state index in [4.69, 9.17) is 0 Å². The van der Waals surface area contributed by atoms with Crippen molar-refractivity contribution < 1.29 is 0 Å². The highest BCUT2D eigenvalue weighted by molar-refractivity contribution is 8.68. The maximum atomic E-state index is 4.11. The average molecular weight is 171 g/mol. The fourth-order valence-corrected chi connectivity index (χ4v) is 1.64. The topological polar surface area (TPSA) is 12.0 Å². The molecule has 0 radical (unpaired) electrons. The van der Waals surface area contributed by atoms with Crippen molar-refractivity contribution in [1.29, 1.82) is 0 Å². The minimum absolute atomic E-state index is 1.13. The summed E-state index contributed by atoms with van der Waals surface area (Å²) in [4.78, 5) is 1.16. The fourth-order valence-electron chi connectivity index (χ4n) is 0.753. The summed E-state index contributed by atoms with van der Waals surface area (Å²) in [7, 11) is 3.36. The van der Waals surface area contributed by atoms with Crippen molar-refractivity contribution >= 4 is 28.1 Å². The molecule has 3 heteroatoms. The van der Waals surface area contributed by atoms with E-state index in [-0.39, 0.29) is 0 Å². The molecule has 0 aliphatic rings. The molecule has 0 spiro atoms. The van der Waals surface area contributed by atoms with Gasteiger partial charge in [0.25, 0.3) is 0 Å². The lowest BCUT2D eigenvalue weighted by atomic mass is 10.3. The quantitative estimate of drug-likeness (QED) is 0.524. The molecule has 1 aromatic rings. The number of hydrogen-bond donors (Lipinski definition) is 2. The predicted octanol–water partition coefficient (Wildman–Crippen LogP) is 2.67. The maximum absolute atomic E-state index is 4.11. The highest BCUT2D eigenvalue weighted by Gasteiger charge is 1.95. The van der Waals surface area contributed by atoms with Crippen LogP contribution < -0.4 is 5.32 Å². The van der Waals surface area contributed by atoms with E-state index in [0.717, 1.165) is 10.6 Å². The van der Waals surface area contributed by atoms with E-state index in [1.54, 1.807) is 0 Å². The van der Waals surface area contributed by atoms with Crippen molar-refractivity contribution in [2.24, 2.45) is 0 Å². The van der Waals surface area contributed by atoms with Crippen LogP contribution in [0, 0.1) is 0 Å². The molecule has 0 atom stereocenters. The molecule has 1 rings (SSSR count). The second kappa shape index (κ2) is 3.78. The highest BCUT2D eigenvalue weighted by Crippen LogP contribution is 2.28. The molecule has 0 bridgehead atoms. The SMILES string of the molecule is CNc1ccccc1SS. The Bertz CT molecular complexity index is 190. The molecule has 0 saturated carbocycles. The van der Waals surface area contributed by atoms with Gasteiger partial charge >= 0.3 is 0 Å². The van der Waals surface area contributed by atoms with Gasteiger partial charge < -0.3 is 5.32 Å². The Morgan fingerprint density at radius 3 is 2.60 bits per heavy atom. The molecule has 1 nitrogen and oxygen atoms in total. The van der Waals surface area contributed by atoms with Gasteiger partial charge in [0.2, 0.25) is 0 Å². The molecule has 0 aromatic heterocycles. The van der Waals surface area contributed by atoms with Crippen molar-refractivity contribution in [3.63, 3.8) is 0 Å². The van der Waals surface area contributed by atoms with E-state index in [2.05, 4.69) is 17.0 Å². The average Bonchev–Trinajstić information content (AvgIpc) is 2.04. The van der Waals surface area contributed by atoms with E-state index in [1.165, 1.54) is 10.8 Å². The van der Waals surface area contributed by atoms with Gasteiger partial charge in [-0.1, -0.05) is 22.9 Å². The van der Waals surface area contributed by atoms with Gasteiger partial charge in [0.1, 0.15) is 0 Å². The second-order valence-corrected chi connectivity index (χ2v) is 3.01. The molecule has 1 aromatic carbocycles. The van der Waals surface area contributed by atoms with Gasteiger partial charge in [-0.2, -0.15) is 0 Å². The molecule has 0 fully saturated rings. The number of hydrogen-bond acceptors (Lipinski definition) is 3. The normalized spacial score (nSPS) is 9.40. The summed E-state index contributed by atoms with van der Waals surface area (Å²) in [5, 5.41) is 3.08. The third-order valence-electron chi connectivity index (χ3n) is 1.25. The lowest BCUT2D eigenvalue weighted by molar-refractivity contribution is 1.39. The molecule has 0 unspecified atom stereocenters. The molecule has 0 amide bonds. The van der Waals surface area contributed by atoms with E-state index in [1.807, 2.05) is 31.3 Å². The van der Waals surface area contributed by atoms with Gasteiger partial charge in [-0.3, -0.25) is 0 Å². The standard InChI is InChI=1S/C7H9NS2/c1-8-6-4-2-3-5-7(6)10-9/h2-5,8-9H,1H3. The van der Waals surface area contributed by atoms with Crippen molar-refractivity contribution in [2.75, 3.05) is 12.4 Å². The van der Waals surface area contributed by atoms with Crippen LogP contribution in [0.15, 0.2) is 29.2 Å². The third kappa shape index (κ3) is 1.61. The van der Waals surface area contributed by atoms with Crippen LogP contribution in [0.4, 0.5) is 5.69 Å². The lowest BCUT2D eigenvalue weighted by Crippen LogP contribution is -1.88. The van der Waals surface area contributed by atoms with Crippen LogP contribution in [0.3, 0.4) is 0 Å². The van der Waals surface area contributed by atoms with Crippen LogP contribution in [0.25, 0.3) is 0 Å². The third-order valence-corrected chi connectivity index (χ3v) is 2.40. The van der Waals surface area contributed by atoms with E-state index in [0.29, 0.717) is 0 Å². The first-order valence-electron chi connectivity index (χ1n) is 2.96. The van der Waals surface area contributed by atoms with E-state index < -0.39 is 0 Å². The van der Waals surface area contributed by atoms with Crippen LogP contribution in [0.2, 0.25) is 0 Å². The minimum Gasteiger partial charge on any atom is -0.387 e. The smallest absolute Gasteiger partial charge is 0.0484 e. The van der Waals surface area contributed by atoms with Crippen LogP contribution in [-0.2, 0) is 0 Å². The zero-order valence-corrected chi connectivity index (χ0v) is 7.38. The van der Waals surface area contributed by atoms with Gasteiger partial charge in [-0.25, -0.2) is 0 Å². The summed E-state index contributed by atoms with van der Waals surface area (Å²) in [6.07, 6.45) is 0. The maximum Gasteiger partial charge on any atom is 0.0484 e. The van der Waals surface area contributed by atoms with Crippen LogP contribution in [0.5, 0.6) is 0 Å². The molecule has 0 aliphatic heterocycles. The first-order chi connectivity index (χ1) is 4.88. The molecule has 1 N–H and O–H groups in total. The van der Waals surface area contributed by atoms with E-state index in [9.17, 15) is 0 Å².